The second-order valence-electron chi connectivity index (χ2n) is 4.96. The Hall–Kier alpha value is -2.22. The van der Waals surface area contributed by atoms with E-state index in [0.29, 0.717) is 0 Å². The first kappa shape index (κ1) is 11.8. The molecule has 1 aromatic heterocycles. The minimum Gasteiger partial charge on any atom is -0.496 e. The molecule has 3 aromatic rings. The van der Waals surface area contributed by atoms with Crippen LogP contribution in [0, 0.1) is 13.8 Å². The summed E-state index contributed by atoms with van der Waals surface area (Å²) in [5.41, 5.74) is 5.94. The minimum absolute atomic E-state index is 0.927. The quantitative estimate of drug-likeness (QED) is 0.714. The average molecular weight is 251 g/mol. The Labute approximate surface area is 113 Å². The molecule has 19 heavy (non-hydrogen) atoms. The predicted molar refractivity (Wildman–Crippen MR) is 79.8 cm³/mol. The fourth-order valence-corrected chi connectivity index (χ4v) is 2.45. The largest absolute Gasteiger partial charge is 0.496 e. The lowest BCUT2D eigenvalue weighted by Gasteiger charge is -2.06. The lowest BCUT2D eigenvalue weighted by atomic mass is 10.1. The molecule has 0 aliphatic rings. The molecule has 0 bridgehead atoms. The molecular formula is C17H17NO. The van der Waals surface area contributed by atoms with E-state index >= 15 is 0 Å². The second kappa shape index (κ2) is 4.47. The summed E-state index contributed by atoms with van der Waals surface area (Å²) in [5, 5.41) is 1.25. The van der Waals surface area contributed by atoms with Gasteiger partial charge in [-0.2, -0.15) is 0 Å². The first-order chi connectivity index (χ1) is 9.17. The Bertz CT molecular complexity index is 740. The molecule has 0 fully saturated rings. The van der Waals surface area contributed by atoms with Crippen molar-refractivity contribution in [2.24, 2.45) is 0 Å². The van der Waals surface area contributed by atoms with E-state index in [9.17, 15) is 0 Å². The summed E-state index contributed by atoms with van der Waals surface area (Å²) in [5.74, 6) is 0.927. The molecule has 0 amide bonds. The van der Waals surface area contributed by atoms with E-state index in [-0.39, 0.29) is 0 Å². The van der Waals surface area contributed by atoms with Crippen molar-refractivity contribution in [1.82, 2.24) is 4.98 Å². The van der Waals surface area contributed by atoms with Crippen molar-refractivity contribution in [3.05, 3.63) is 53.6 Å². The maximum absolute atomic E-state index is 5.30. The van der Waals surface area contributed by atoms with Gasteiger partial charge < -0.3 is 9.72 Å². The normalized spacial score (nSPS) is 10.9. The number of ether oxygens (including phenoxy) is 1. The number of aromatic nitrogens is 1. The number of aromatic amines is 1. The van der Waals surface area contributed by atoms with Crippen LogP contribution in [0.15, 0.2) is 42.5 Å². The SMILES string of the molecule is COc1ccc(-c2cc3cc(C)ccc3[nH]2)cc1C. The van der Waals surface area contributed by atoms with Gasteiger partial charge in [0.25, 0.3) is 0 Å². The standard InChI is InChI=1S/C17H17NO/c1-11-4-6-15-14(8-11)10-16(18-15)13-5-7-17(19-3)12(2)9-13/h4-10,18H,1-3H3. The zero-order chi connectivity index (χ0) is 13.4. The van der Waals surface area contributed by atoms with E-state index in [1.807, 2.05) is 6.07 Å². The van der Waals surface area contributed by atoms with Crippen LogP contribution in [0.3, 0.4) is 0 Å². The van der Waals surface area contributed by atoms with Gasteiger partial charge in [-0.05, 0) is 61.4 Å². The second-order valence-corrected chi connectivity index (χ2v) is 4.96. The monoisotopic (exact) mass is 251 g/mol. The van der Waals surface area contributed by atoms with E-state index in [1.165, 1.54) is 22.0 Å². The van der Waals surface area contributed by atoms with Gasteiger partial charge in [0.2, 0.25) is 0 Å². The fourth-order valence-electron chi connectivity index (χ4n) is 2.45. The maximum Gasteiger partial charge on any atom is 0.121 e. The van der Waals surface area contributed by atoms with Gasteiger partial charge in [-0.3, -0.25) is 0 Å². The molecule has 0 aliphatic heterocycles. The third kappa shape index (κ3) is 2.10. The van der Waals surface area contributed by atoms with Gasteiger partial charge in [-0.15, -0.1) is 0 Å². The van der Waals surface area contributed by atoms with E-state index in [2.05, 4.69) is 55.2 Å². The average Bonchev–Trinajstić information content (AvgIpc) is 2.81. The number of hydrogen-bond donors (Lipinski definition) is 1. The summed E-state index contributed by atoms with van der Waals surface area (Å²) in [6, 6.07) is 14.9. The molecule has 0 atom stereocenters. The van der Waals surface area contributed by atoms with Crippen molar-refractivity contribution >= 4 is 10.9 Å². The molecular weight excluding hydrogens is 234 g/mol. The fraction of sp³-hybridized carbons (Fsp3) is 0.176. The van der Waals surface area contributed by atoms with E-state index in [0.717, 1.165) is 17.0 Å². The molecule has 0 unspecified atom stereocenters. The topological polar surface area (TPSA) is 25.0 Å². The van der Waals surface area contributed by atoms with Crippen molar-refractivity contribution in [3.8, 4) is 17.0 Å². The molecule has 0 radical (unpaired) electrons. The highest BCUT2D eigenvalue weighted by atomic mass is 16.5. The van der Waals surface area contributed by atoms with Gasteiger partial charge in [0.1, 0.15) is 5.75 Å². The Kier molecular flexibility index (Phi) is 2.79. The Morgan fingerprint density at radius 3 is 2.53 bits per heavy atom. The smallest absolute Gasteiger partial charge is 0.121 e. The predicted octanol–water partition coefficient (Wildman–Crippen LogP) is 4.46. The molecule has 2 nitrogen and oxygen atoms in total. The van der Waals surface area contributed by atoms with Crippen LogP contribution in [0.2, 0.25) is 0 Å². The summed E-state index contributed by atoms with van der Waals surface area (Å²) in [7, 11) is 1.70. The highest BCUT2D eigenvalue weighted by Crippen LogP contribution is 2.28. The van der Waals surface area contributed by atoms with Crippen LogP contribution in [0.1, 0.15) is 11.1 Å². The van der Waals surface area contributed by atoms with Crippen LogP contribution >= 0.6 is 0 Å². The van der Waals surface area contributed by atoms with Crippen LogP contribution in [0.4, 0.5) is 0 Å². The zero-order valence-corrected chi connectivity index (χ0v) is 11.4. The number of H-pyrrole nitrogens is 1. The van der Waals surface area contributed by atoms with Gasteiger partial charge in [0.15, 0.2) is 0 Å². The number of benzene rings is 2. The number of fused-ring (bicyclic) bond motifs is 1. The molecule has 2 aromatic carbocycles. The van der Waals surface area contributed by atoms with Gasteiger partial charge in [0.05, 0.1) is 7.11 Å². The van der Waals surface area contributed by atoms with Crippen molar-refractivity contribution < 1.29 is 4.74 Å². The van der Waals surface area contributed by atoms with Crippen molar-refractivity contribution in [2.75, 3.05) is 7.11 Å². The number of hydrogen-bond acceptors (Lipinski definition) is 1. The highest BCUT2D eigenvalue weighted by molar-refractivity contribution is 5.86. The van der Waals surface area contributed by atoms with Crippen molar-refractivity contribution in [1.29, 1.82) is 0 Å². The van der Waals surface area contributed by atoms with E-state index < -0.39 is 0 Å². The third-order valence-electron chi connectivity index (χ3n) is 3.48. The van der Waals surface area contributed by atoms with Crippen LogP contribution in [0.25, 0.3) is 22.2 Å². The first-order valence-corrected chi connectivity index (χ1v) is 6.42. The van der Waals surface area contributed by atoms with Crippen LogP contribution in [-0.4, -0.2) is 12.1 Å². The molecule has 1 heterocycles. The number of nitrogens with one attached hydrogen (secondary N) is 1. The van der Waals surface area contributed by atoms with Gasteiger partial charge in [-0.1, -0.05) is 11.6 Å². The van der Waals surface area contributed by atoms with Gasteiger partial charge in [-0.25, -0.2) is 0 Å². The summed E-state index contributed by atoms with van der Waals surface area (Å²) in [4.78, 5) is 3.46. The lowest BCUT2D eigenvalue weighted by molar-refractivity contribution is 0.412. The third-order valence-corrected chi connectivity index (χ3v) is 3.48. The molecule has 0 saturated heterocycles. The lowest BCUT2D eigenvalue weighted by Crippen LogP contribution is -1.87. The Morgan fingerprint density at radius 2 is 1.79 bits per heavy atom. The minimum atomic E-state index is 0.927. The molecule has 3 rings (SSSR count). The van der Waals surface area contributed by atoms with Crippen LogP contribution < -0.4 is 4.74 Å². The molecule has 2 heteroatoms. The zero-order valence-electron chi connectivity index (χ0n) is 11.4. The van der Waals surface area contributed by atoms with Gasteiger partial charge in [0, 0.05) is 16.6 Å². The number of aryl methyl sites for hydroxylation is 2. The summed E-state index contributed by atoms with van der Waals surface area (Å²) in [6.07, 6.45) is 0. The van der Waals surface area contributed by atoms with Gasteiger partial charge >= 0.3 is 0 Å². The van der Waals surface area contributed by atoms with E-state index in [1.54, 1.807) is 7.11 Å². The van der Waals surface area contributed by atoms with Crippen LogP contribution in [0.5, 0.6) is 5.75 Å². The Morgan fingerprint density at radius 1 is 0.947 bits per heavy atom. The molecule has 0 spiro atoms. The first-order valence-electron chi connectivity index (χ1n) is 6.42. The highest BCUT2D eigenvalue weighted by Gasteiger charge is 2.06. The molecule has 0 aliphatic carbocycles. The summed E-state index contributed by atoms with van der Waals surface area (Å²) >= 11 is 0. The number of rotatable bonds is 2. The summed E-state index contributed by atoms with van der Waals surface area (Å²) in [6.45, 7) is 4.18. The number of methoxy groups -OCH3 is 1. The summed E-state index contributed by atoms with van der Waals surface area (Å²) < 4.78 is 5.30. The van der Waals surface area contributed by atoms with E-state index in [4.69, 9.17) is 4.74 Å². The van der Waals surface area contributed by atoms with Crippen molar-refractivity contribution in [2.45, 2.75) is 13.8 Å². The molecule has 1 N–H and O–H groups in total. The molecule has 96 valence electrons. The van der Waals surface area contributed by atoms with Crippen molar-refractivity contribution in [3.63, 3.8) is 0 Å². The van der Waals surface area contributed by atoms with Crippen LogP contribution in [-0.2, 0) is 0 Å². The maximum atomic E-state index is 5.30. The Balaban J connectivity index is 2.11. The molecule has 0 saturated carbocycles.